The van der Waals surface area contributed by atoms with E-state index in [1.165, 1.54) is 30.8 Å². The summed E-state index contributed by atoms with van der Waals surface area (Å²) in [6.45, 7) is 3.47. The summed E-state index contributed by atoms with van der Waals surface area (Å²) in [5, 5.41) is 22.9. The molecule has 1 heterocycles. The summed E-state index contributed by atoms with van der Waals surface area (Å²) >= 11 is 1.22. The lowest BCUT2D eigenvalue weighted by Crippen LogP contribution is -2.14. The Kier molecular flexibility index (Phi) is 7.02. The van der Waals surface area contributed by atoms with E-state index in [1.807, 2.05) is 35.8 Å². The van der Waals surface area contributed by atoms with Crippen LogP contribution in [-0.2, 0) is 4.79 Å². The molecule has 0 aliphatic rings. The van der Waals surface area contributed by atoms with Gasteiger partial charge in [0.15, 0.2) is 16.8 Å². The Morgan fingerprint density at radius 2 is 1.63 bits per heavy atom. The lowest BCUT2D eigenvalue weighted by Gasteiger charge is -2.11. The first kappa shape index (κ1) is 23.8. The summed E-state index contributed by atoms with van der Waals surface area (Å²) in [6.07, 6.45) is 0. The Morgan fingerprint density at radius 1 is 0.971 bits per heavy atom. The molecule has 4 aromatic rings. The number of nitro groups is 1. The van der Waals surface area contributed by atoms with Crippen LogP contribution in [0.25, 0.3) is 17.1 Å². The zero-order chi connectivity index (χ0) is 24.9. The lowest BCUT2D eigenvalue weighted by atomic mass is 10.1. The van der Waals surface area contributed by atoms with Gasteiger partial charge in [-0.05, 0) is 62.4 Å². The fourth-order valence-corrected chi connectivity index (χ4v) is 4.08. The molecule has 0 unspecified atom stereocenters. The van der Waals surface area contributed by atoms with E-state index in [0.717, 1.165) is 11.3 Å². The van der Waals surface area contributed by atoms with E-state index < -0.39 is 4.92 Å². The van der Waals surface area contributed by atoms with Crippen molar-refractivity contribution < 1.29 is 14.5 Å². The average Bonchev–Trinajstić information content (AvgIpc) is 3.27. The molecule has 176 valence electrons. The number of nitrogens with one attached hydrogen (secondary N) is 1. The first-order valence-electron chi connectivity index (χ1n) is 10.6. The molecule has 9 nitrogen and oxygen atoms in total. The van der Waals surface area contributed by atoms with Gasteiger partial charge >= 0.3 is 0 Å². The summed E-state index contributed by atoms with van der Waals surface area (Å²) in [7, 11) is 0. The van der Waals surface area contributed by atoms with Crippen molar-refractivity contribution >= 4 is 34.8 Å². The van der Waals surface area contributed by atoms with Crippen molar-refractivity contribution in [1.82, 2.24) is 14.8 Å². The number of nitrogens with zero attached hydrogens (tertiary/aromatic N) is 4. The van der Waals surface area contributed by atoms with Gasteiger partial charge in [0.1, 0.15) is 0 Å². The quantitative estimate of drug-likeness (QED) is 0.159. The predicted octanol–water partition coefficient (Wildman–Crippen LogP) is 5.08. The van der Waals surface area contributed by atoms with E-state index in [-0.39, 0.29) is 23.1 Å². The van der Waals surface area contributed by atoms with Crippen molar-refractivity contribution in [2.45, 2.75) is 19.0 Å². The molecule has 0 bridgehead atoms. The minimum Gasteiger partial charge on any atom is -0.325 e. The topological polar surface area (TPSA) is 120 Å². The van der Waals surface area contributed by atoms with Gasteiger partial charge in [-0.3, -0.25) is 24.3 Å². The van der Waals surface area contributed by atoms with Crippen LogP contribution in [0.3, 0.4) is 0 Å². The van der Waals surface area contributed by atoms with Gasteiger partial charge in [0.05, 0.1) is 10.7 Å². The predicted molar refractivity (Wildman–Crippen MR) is 134 cm³/mol. The molecule has 0 radical (unpaired) electrons. The summed E-state index contributed by atoms with van der Waals surface area (Å²) in [6, 6.07) is 20.5. The van der Waals surface area contributed by atoms with Crippen LogP contribution >= 0.6 is 11.8 Å². The fraction of sp³-hybridized carbons (Fsp3) is 0.120. The van der Waals surface area contributed by atoms with Crippen LogP contribution in [0.15, 0.2) is 78.0 Å². The molecule has 0 atom stereocenters. The molecule has 10 heteroatoms. The second kappa shape index (κ2) is 10.3. The maximum Gasteiger partial charge on any atom is 0.269 e. The number of non-ortho nitro benzene ring substituents is 1. The Balaban J connectivity index is 1.57. The minimum absolute atomic E-state index is 0.0160. The van der Waals surface area contributed by atoms with Crippen molar-refractivity contribution in [3.63, 3.8) is 0 Å². The third-order valence-electron chi connectivity index (χ3n) is 5.17. The van der Waals surface area contributed by atoms with Crippen LogP contribution < -0.4 is 5.32 Å². The number of Topliss-reactive ketones (excluding diaryl/α,β-unsaturated/α-hetero) is 1. The summed E-state index contributed by atoms with van der Waals surface area (Å²) in [5.74, 6) is 0.309. The molecule has 1 amide bonds. The van der Waals surface area contributed by atoms with Gasteiger partial charge in [0, 0.05) is 34.6 Å². The largest absolute Gasteiger partial charge is 0.325 e. The van der Waals surface area contributed by atoms with Crippen LogP contribution in [0.4, 0.5) is 11.4 Å². The van der Waals surface area contributed by atoms with E-state index in [4.69, 9.17) is 0 Å². The number of aromatic nitrogens is 3. The molecule has 0 aliphatic heterocycles. The van der Waals surface area contributed by atoms with Crippen LogP contribution in [0.5, 0.6) is 0 Å². The molecule has 4 rings (SSSR count). The van der Waals surface area contributed by atoms with Gasteiger partial charge in [-0.25, -0.2) is 0 Å². The van der Waals surface area contributed by atoms with Gasteiger partial charge in [0.2, 0.25) is 5.91 Å². The molecule has 0 saturated carbocycles. The van der Waals surface area contributed by atoms with Gasteiger partial charge in [-0.15, -0.1) is 10.2 Å². The monoisotopic (exact) mass is 487 g/mol. The maximum atomic E-state index is 12.6. The highest BCUT2D eigenvalue weighted by atomic mass is 32.2. The van der Waals surface area contributed by atoms with Crippen molar-refractivity contribution in [1.29, 1.82) is 0 Å². The van der Waals surface area contributed by atoms with Crippen molar-refractivity contribution in [2.24, 2.45) is 0 Å². The van der Waals surface area contributed by atoms with Gasteiger partial charge in [0.25, 0.3) is 5.69 Å². The Labute approximate surface area is 205 Å². The molecule has 0 aliphatic carbocycles. The number of hydrogen-bond acceptors (Lipinski definition) is 7. The number of hydrogen-bond donors (Lipinski definition) is 1. The summed E-state index contributed by atoms with van der Waals surface area (Å²) in [4.78, 5) is 34.5. The van der Waals surface area contributed by atoms with E-state index in [1.54, 1.807) is 36.4 Å². The highest BCUT2D eigenvalue weighted by Gasteiger charge is 2.18. The van der Waals surface area contributed by atoms with Crippen LogP contribution in [-0.4, -0.2) is 37.1 Å². The summed E-state index contributed by atoms with van der Waals surface area (Å²) in [5.41, 5.74) is 3.69. The van der Waals surface area contributed by atoms with Gasteiger partial charge in [-0.1, -0.05) is 29.5 Å². The van der Waals surface area contributed by atoms with Crippen molar-refractivity contribution in [3.8, 4) is 17.1 Å². The number of thioether (sulfide) groups is 1. The van der Waals surface area contributed by atoms with Gasteiger partial charge < -0.3 is 5.32 Å². The number of rotatable bonds is 8. The van der Waals surface area contributed by atoms with E-state index in [0.29, 0.717) is 27.8 Å². The molecular weight excluding hydrogens is 466 g/mol. The highest BCUT2D eigenvalue weighted by molar-refractivity contribution is 7.99. The standard InChI is InChI=1S/C25H21N5O4S/c1-16-3-11-21(12-4-16)29-24(19-7-13-22(14-8-19)30(33)34)27-28-25(29)35-15-23(32)26-20-9-5-18(6-10-20)17(2)31/h3-14H,15H2,1-2H3,(H,26,32). The normalized spacial score (nSPS) is 10.7. The first-order valence-corrected chi connectivity index (χ1v) is 11.6. The van der Waals surface area contributed by atoms with Crippen molar-refractivity contribution in [3.05, 3.63) is 94.0 Å². The number of anilines is 1. The lowest BCUT2D eigenvalue weighted by molar-refractivity contribution is -0.384. The second-order valence-corrected chi connectivity index (χ2v) is 8.69. The Morgan fingerprint density at radius 3 is 2.23 bits per heavy atom. The molecular formula is C25H21N5O4S. The SMILES string of the molecule is CC(=O)c1ccc(NC(=O)CSc2nnc(-c3ccc([N+](=O)[O-])cc3)n2-c2ccc(C)cc2)cc1. The Hall–Kier alpha value is -4.31. The van der Waals surface area contributed by atoms with E-state index in [9.17, 15) is 19.7 Å². The van der Waals surface area contributed by atoms with E-state index >= 15 is 0 Å². The number of carbonyl (C=O) groups is 2. The smallest absolute Gasteiger partial charge is 0.269 e. The molecule has 0 spiro atoms. The molecule has 1 N–H and O–H groups in total. The third kappa shape index (κ3) is 5.61. The van der Waals surface area contributed by atoms with Crippen molar-refractivity contribution in [2.75, 3.05) is 11.1 Å². The zero-order valence-electron chi connectivity index (χ0n) is 19.0. The summed E-state index contributed by atoms with van der Waals surface area (Å²) < 4.78 is 1.82. The number of ketones is 1. The van der Waals surface area contributed by atoms with E-state index in [2.05, 4.69) is 15.5 Å². The molecule has 0 saturated heterocycles. The minimum atomic E-state index is -0.456. The van der Waals surface area contributed by atoms with Crippen LogP contribution in [0.1, 0.15) is 22.8 Å². The molecule has 3 aromatic carbocycles. The maximum absolute atomic E-state index is 12.6. The number of carbonyl (C=O) groups excluding carboxylic acids is 2. The zero-order valence-corrected chi connectivity index (χ0v) is 19.8. The number of aryl methyl sites for hydroxylation is 1. The fourth-order valence-electron chi connectivity index (χ4n) is 3.32. The van der Waals surface area contributed by atoms with Crippen LogP contribution in [0, 0.1) is 17.0 Å². The molecule has 1 aromatic heterocycles. The van der Waals surface area contributed by atoms with Gasteiger partial charge in [-0.2, -0.15) is 0 Å². The number of amides is 1. The first-order chi connectivity index (χ1) is 16.8. The molecule has 35 heavy (non-hydrogen) atoms. The molecule has 0 fully saturated rings. The highest BCUT2D eigenvalue weighted by Crippen LogP contribution is 2.29. The second-order valence-electron chi connectivity index (χ2n) is 7.75. The third-order valence-corrected chi connectivity index (χ3v) is 6.10. The Bertz CT molecular complexity index is 1380. The average molecular weight is 488 g/mol. The number of nitro benzene ring substituents is 1. The number of benzene rings is 3. The van der Waals surface area contributed by atoms with Crippen LogP contribution in [0.2, 0.25) is 0 Å².